The molecule has 0 atom stereocenters. The fourth-order valence-electron chi connectivity index (χ4n) is 8.82. The van der Waals surface area contributed by atoms with Gasteiger partial charge in [0.2, 0.25) is 0 Å². The molecule has 0 amide bonds. The van der Waals surface area contributed by atoms with Gasteiger partial charge in [0.05, 0.1) is 0 Å². The Bertz CT molecular complexity index is 3550. The second-order valence-electron chi connectivity index (χ2n) is 15.7. The number of hydrogen-bond acceptors (Lipinski definition) is 5. The number of fused-ring (bicyclic) bond motifs is 6. The molecule has 0 N–H and O–H groups in total. The molecule has 0 saturated carbocycles. The third-order valence-corrected chi connectivity index (χ3v) is 13.1. The van der Waals surface area contributed by atoms with Crippen molar-refractivity contribution in [2.75, 3.05) is 9.80 Å². The Kier molecular flexibility index (Phi) is 8.98. The molecular formula is C58H38N2O2S. The molecule has 0 aliphatic rings. The van der Waals surface area contributed by atoms with Gasteiger partial charge in [-0.2, -0.15) is 0 Å². The van der Waals surface area contributed by atoms with Crippen molar-refractivity contribution in [3.8, 4) is 32.0 Å². The van der Waals surface area contributed by atoms with Crippen LogP contribution in [0.1, 0.15) is 0 Å². The summed E-state index contributed by atoms with van der Waals surface area (Å²) in [7, 11) is 0. The highest BCUT2D eigenvalue weighted by Crippen LogP contribution is 2.43. The van der Waals surface area contributed by atoms with Crippen molar-refractivity contribution >= 4 is 89.3 Å². The first-order valence-electron chi connectivity index (χ1n) is 21.1. The number of nitrogens with zero attached hydrogens (tertiary/aromatic N) is 2. The van der Waals surface area contributed by atoms with E-state index in [4.69, 9.17) is 8.83 Å². The van der Waals surface area contributed by atoms with Crippen LogP contribution in [0.2, 0.25) is 0 Å². The lowest BCUT2D eigenvalue weighted by Gasteiger charge is -2.26. The van der Waals surface area contributed by atoms with Crippen LogP contribution in [0.5, 0.6) is 0 Å². The van der Waals surface area contributed by atoms with E-state index < -0.39 is 0 Å². The van der Waals surface area contributed by atoms with Crippen LogP contribution in [0.25, 0.3) is 75.9 Å². The van der Waals surface area contributed by atoms with E-state index in [0.717, 1.165) is 89.1 Å². The van der Waals surface area contributed by atoms with E-state index in [1.807, 2.05) is 23.5 Å². The molecule has 3 heterocycles. The number of furan rings is 2. The zero-order valence-electron chi connectivity index (χ0n) is 34.1. The van der Waals surface area contributed by atoms with Gasteiger partial charge < -0.3 is 18.6 Å². The van der Waals surface area contributed by atoms with E-state index in [0.29, 0.717) is 0 Å². The largest absolute Gasteiger partial charge is 0.456 e. The van der Waals surface area contributed by atoms with Gasteiger partial charge in [0, 0.05) is 65.4 Å². The van der Waals surface area contributed by atoms with Crippen LogP contribution in [-0.2, 0) is 0 Å². The molecule has 298 valence electrons. The van der Waals surface area contributed by atoms with E-state index in [2.05, 4.69) is 228 Å². The summed E-state index contributed by atoms with van der Waals surface area (Å²) < 4.78 is 12.6. The molecule has 12 rings (SSSR count). The lowest BCUT2D eigenvalue weighted by Crippen LogP contribution is -2.10. The highest BCUT2D eigenvalue weighted by molar-refractivity contribution is 7.18. The number of anilines is 6. The third-order valence-electron chi connectivity index (χ3n) is 11.9. The molecule has 12 aromatic rings. The van der Waals surface area contributed by atoms with Crippen molar-refractivity contribution in [1.82, 2.24) is 0 Å². The summed E-state index contributed by atoms with van der Waals surface area (Å²) in [5.41, 5.74) is 14.7. The summed E-state index contributed by atoms with van der Waals surface area (Å²) in [5, 5.41) is 4.41. The first-order chi connectivity index (χ1) is 31.2. The molecule has 0 radical (unpaired) electrons. The molecule has 63 heavy (non-hydrogen) atoms. The van der Waals surface area contributed by atoms with Crippen molar-refractivity contribution in [1.29, 1.82) is 0 Å². The Morgan fingerprint density at radius 2 is 0.635 bits per heavy atom. The number of thiophene rings is 1. The quantitative estimate of drug-likeness (QED) is 0.145. The lowest BCUT2D eigenvalue weighted by molar-refractivity contribution is 0.668. The van der Waals surface area contributed by atoms with Crippen LogP contribution in [0, 0.1) is 0 Å². The highest BCUT2D eigenvalue weighted by atomic mass is 32.1. The van der Waals surface area contributed by atoms with Crippen molar-refractivity contribution < 1.29 is 8.83 Å². The lowest BCUT2D eigenvalue weighted by atomic mass is 10.0. The zero-order chi connectivity index (χ0) is 41.7. The molecule has 3 aromatic heterocycles. The monoisotopic (exact) mass is 826 g/mol. The Balaban J connectivity index is 0.872. The van der Waals surface area contributed by atoms with Gasteiger partial charge >= 0.3 is 0 Å². The first-order valence-corrected chi connectivity index (χ1v) is 22.0. The standard InChI is InChI=1S/C58H38N2O2S/c1-4-12-41(13-5-1)57-34-35-58(63-57)42-24-31-54-50(36-42)52-38-48(30-33-56(52)62-54)60(44-16-8-3-9-17-44)46-27-22-40(23-28-46)39-20-25-45(26-21-39)59(43-14-6-2-7-15-43)47-29-32-55-51(37-47)49-18-10-11-19-53(49)61-55/h1-38H. The third kappa shape index (κ3) is 6.72. The average molecular weight is 827 g/mol. The molecule has 0 fully saturated rings. The van der Waals surface area contributed by atoms with Crippen molar-refractivity contribution in [2.24, 2.45) is 0 Å². The first kappa shape index (κ1) is 36.7. The van der Waals surface area contributed by atoms with Gasteiger partial charge in [-0.3, -0.25) is 0 Å². The van der Waals surface area contributed by atoms with Crippen LogP contribution in [-0.4, -0.2) is 0 Å². The van der Waals surface area contributed by atoms with E-state index in [9.17, 15) is 0 Å². The van der Waals surface area contributed by atoms with Crippen molar-refractivity contribution in [3.05, 3.63) is 231 Å². The SMILES string of the molecule is c1ccc(-c2ccc(-c3ccc4oc5ccc(N(c6ccccc6)c6ccc(-c7ccc(N(c8ccccc8)c8ccc9oc%10ccccc%10c9c8)cc7)cc6)cc5c4c3)s2)cc1. The maximum atomic E-state index is 6.41. The smallest absolute Gasteiger partial charge is 0.135 e. The summed E-state index contributed by atoms with van der Waals surface area (Å²) >= 11 is 1.81. The summed E-state index contributed by atoms with van der Waals surface area (Å²) in [4.78, 5) is 7.11. The van der Waals surface area contributed by atoms with Crippen LogP contribution < -0.4 is 9.80 Å². The fourth-order valence-corrected chi connectivity index (χ4v) is 9.82. The van der Waals surface area contributed by atoms with Gasteiger partial charge in [-0.05, 0) is 144 Å². The van der Waals surface area contributed by atoms with Gasteiger partial charge in [0.15, 0.2) is 0 Å². The van der Waals surface area contributed by atoms with Crippen LogP contribution in [0.3, 0.4) is 0 Å². The van der Waals surface area contributed by atoms with Crippen LogP contribution >= 0.6 is 11.3 Å². The van der Waals surface area contributed by atoms with E-state index in [1.165, 1.54) is 20.9 Å². The fraction of sp³-hybridized carbons (Fsp3) is 0. The van der Waals surface area contributed by atoms with Crippen LogP contribution in [0.4, 0.5) is 34.1 Å². The topological polar surface area (TPSA) is 32.8 Å². The molecule has 0 saturated heterocycles. The van der Waals surface area contributed by atoms with Gasteiger partial charge in [-0.1, -0.05) is 109 Å². The molecule has 0 unspecified atom stereocenters. The molecular weight excluding hydrogens is 789 g/mol. The number of rotatable bonds is 9. The second-order valence-corrected chi connectivity index (χ2v) is 16.8. The molecule has 0 aliphatic heterocycles. The minimum atomic E-state index is 0.871. The molecule has 4 nitrogen and oxygen atoms in total. The van der Waals surface area contributed by atoms with Crippen LogP contribution in [0.15, 0.2) is 239 Å². The van der Waals surface area contributed by atoms with Gasteiger partial charge in [-0.15, -0.1) is 11.3 Å². The maximum Gasteiger partial charge on any atom is 0.135 e. The summed E-state index contributed by atoms with van der Waals surface area (Å²) in [6, 6.07) is 81.6. The molecule has 0 aliphatic carbocycles. The normalized spacial score (nSPS) is 11.5. The van der Waals surface area contributed by atoms with E-state index in [1.54, 1.807) is 0 Å². The Hall–Kier alpha value is -8.12. The van der Waals surface area contributed by atoms with Gasteiger partial charge in [0.25, 0.3) is 0 Å². The summed E-state index contributed by atoms with van der Waals surface area (Å²) in [5.74, 6) is 0. The highest BCUT2D eigenvalue weighted by Gasteiger charge is 2.18. The molecule has 0 spiro atoms. The van der Waals surface area contributed by atoms with E-state index in [-0.39, 0.29) is 0 Å². The molecule has 0 bridgehead atoms. The number of benzene rings is 9. The minimum absolute atomic E-state index is 0.871. The van der Waals surface area contributed by atoms with Gasteiger partial charge in [-0.25, -0.2) is 0 Å². The Morgan fingerprint density at radius 3 is 1.19 bits per heavy atom. The Labute approximate surface area is 368 Å². The summed E-state index contributed by atoms with van der Waals surface area (Å²) in [6.45, 7) is 0. The van der Waals surface area contributed by atoms with E-state index >= 15 is 0 Å². The number of hydrogen-bond donors (Lipinski definition) is 0. The predicted molar refractivity (Wildman–Crippen MR) is 265 cm³/mol. The Morgan fingerprint density at radius 1 is 0.254 bits per heavy atom. The van der Waals surface area contributed by atoms with Crippen molar-refractivity contribution in [2.45, 2.75) is 0 Å². The zero-order valence-corrected chi connectivity index (χ0v) is 34.9. The maximum absolute atomic E-state index is 6.41. The molecule has 9 aromatic carbocycles. The summed E-state index contributed by atoms with van der Waals surface area (Å²) in [6.07, 6.45) is 0. The minimum Gasteiger partial charge on any atom is -0.456 e. The average Bonchev–Trinajstić information content (AvgIpc) is 4.09. The predicted octanol–water partition coefficient (Wildman–Crippen LogP) is 17.5. The molecule has 5 heteroatoms. The second kappa shape index (κ2) is 15.4. The van der Waals surface area contributed by atoms with Gasteiger partial charge in [0.1, 0.15) is 22.3 Å². The number of para-hydroxylation sites is 3. The van der Waals surface area contributed by atoms with Crippen molar-refractivity contribution in [3.63, 3.8) is 0 Å².